The van der Waals surface area contributed by atoms with Gasteiger partial charge in [0.25, 0.3) is 0 Å². The molecule has 0 spiro atoms. The summed E-state index contributed by atoms with van der Waals surface area (Å²) in [5.74, 6) is 0.159. The molecule has 30 heavy (non-hydrogen) atoms. The van der Waals surface area contributed by atoms with Crippen molar-refractivity contribution in [3.8, 4) is 11.3 Å². The standard InChI is InChI=1S/C21H25N5O4/c1-13-16(17-4-3-5-19(25-17)21(28)11-30-12-21)9-26(15-6-7-29-10-15)18(13)8-23-14(2)24-20(22)27/h3-5,8-9,15,28H,2,6-7,10-12H2,1H3,(H3,22,24,27)/t15-/m1/s1. The van der Waals surface area contributed by atoms with Crippen LogP contribution in [0.2, 0.25) is 0 Å². The number of nitrogens with one attached hydrogen (secondary N) is 1. The minimum Gasteiger partial charge on any atom is -0.379 e. The molecule has 0 saturated carbocycles. The Kier molecular flexibility index (Phi) is 5.42. The lowest BCUT2D eigenvalue weighted by Gasteiger charge is -2.35. The van der Waals surface area contributed by atoms with Gasteiger partial charge in [0.1, 0.15) is 5.82 Å². The molecular formula is C21H25N5O4. The van der Waals surface area contributed by atoms with E-state index in [0.717, 1.165) is 28.9 Å². The molecule has 0 bridgehead atoms. The molecule has 4 heterocycles. The van der Waals surface area contributed by atoms with Crippen LogP contribution in [-0.4, -0.2) is 53.3 Å². The smallest absolute Gasteiger partial charge is 0.317 e. The molecule has 2 aliphatic heterocycles. The summed E-state index contributed by atoms with van der Waals surface area (Å²) in [5.41, 5.74) is 8.21. The number of carbonyl (C=O) groups excluding carboxylic acids is 1. The zero-order chi connectivity index (χ0) is 21.3. The Balaban J connectivity index is 1.72. The number of hydrogen-bond donors (Lipinski definition) is 3. The third-order valence-electron chi connectivity index (χ3n) is 5.43. The van der Waals surface area contributed by atoms with E-state index in [1.165, 1.54) is 0 Å². The molecule has 2 aromatic heterocycles. The van der Waals surface area contributed by atoms with Gasteiger partial charge in [0.2, 0.25) is 0 Å². The summed E-state index contributed by atoms with van der Waals surface area (Å²) in [5, 5.41) is 12.9. The first-order valence-corrected chi connectivity index (χ1v) is 9.74. The number of amides is 2. The van der Waals surface area contributed by atoms with E-state index in [2.05, 4.69) is 21.5 Å². The van der Waals surface area contributed by atoms with Crippen LogP contribution in [0.5, 0.6) is 0 Å². The summed E-state index contributed by atoms with van der Waals surface area (Å²) >= 11 is 0. The van der Waals surface area contributed by atoms with E-state index in [1.54, 1.807) is 6.21 Å². The number of carbonyl (C=O) groups is 1. The maximum Gasteiger partial charge on any atom is 0.317 e. The van der Waals surface area contributed by atoms with Crippen LogP contribution in [0.4, 0.5) is 4.79 Å². The molecule has 9 nitrogen and oxygen atoms in total. The Hall–Kier alpha value is -3.01. The summed E-state index contributed by atoms with van der Waals surface area (Å²) in [4.78, 5) is 20.0. The number of nitrogens with two attached hydrogens (primary N) is 1. The van der Waals surface area contributed by atoms with Crippen molar-refractivity contribution >= 4 is 12.2 Å². The Morgan fingerprint density at radius 1 is 1.47 bits per heavy atom. The zero-order valence-corrected chi connectivity index (χ0v) is 16.8. The highest BCUT2D eigenvalue weighted by molar-refractivity contribution is 5.85. The average Bonchev–Trinajstić information content (AvgIpc) is 3.32. The third kappa shape index (κ3) is 3.87. The summed E-state index contributed by atoms with van der Waals surface area (Å²) in [7, 11) is 0. The summed E-state index contributed by atoms with van der Waals surface area (Å²) in [6.45, 7) is 7.48. The van der Waals surface area contributed by atoms with Crippen molar-refractivity contribution in [2.45, 2.75) is 25.0 Å². The van der Waals surface area contributed by atoms with Gasteiger partial charge < -0.3 is 24.9 Å². The molecule has 158 valence electrons. The molecule has 2 fully saturated rings. The van der Waals surface area contributed by atoms with E-state index in [4.69, 9.17) is 20.2 Å². The minimum absolute atomic E-state index is 0.159. The fraction of sp³-hybridized carbons (Fsp3) is 0.381. The van der Waals surface area contributed by atoms with E-state index >= 15 is 0 Å². The molecule has 9 heteroatoms. The monoisotopic (exact) mass is 411 g/mol. The first kappa shape index (κ1) is 20.3. The van der Waals surface area contributed by atoms with E-state index < -0.39 is 11.6 Å². The van der Waals surface area contributed by atoms with Gasteiger partial charge in [0, 0.05) is 18.4 Å². The predicted octanol–water partition coefficient (Wildman–Crippen LogP) is 1.60. The lowest BCUT2D eigenvalue weighted by atomic mass is 9.96. The van der Waals surface area contributed by atoms with Gasteiger partial charge in [-0.25, -0.2) is 14.8 Å². The lowest BCUT2D eigenvalue weighted by Crippen LogP contribution is -2.47. The van der Waals surface area contributed by atoms with Gasteiger partial charge in [-0.05, 0) is 31.0 Å². The second-order valence-electron chi connectivity index (χ2n) is 7.60. The Morgan fingerprint density at radius 2 is 2.27 bits per heavy atom. The van der Waals surface area contributed by atoms with Gasteiger partial charge in [0.05, 0.1) is 49.2 Å². The van der Waals surface area contributed by atoms with Crippen molar-refractivity contribution in [1.29, 1.82) is 0 Å². The van der Waals surface area contributed by atoms with Gasteiger partial charge in [-0.15, -0.1) is 0 Å². The molecule has 0 unspecified atom stereocenters. The molecule has 2 saturated heterocycles. The molecule has 0 aliphatic carbocycles. The van der Waals surface area contributed by atoms with Gasteiger partial charge in [0.15, 0.2) is 5.60 Å². The highest BCUT2D eigenvalue weighted by Gasteiger charge is 2.39. The van der Waals surface area contributed by atoms with Crippen molar-refractivity contribution in [3.05, 3.63) is 53.7 Å². The van der Waals surface area contributed by atoms with E-state index in [-0.39, 0.29) is 25.1 Å². The molecule has 4 N–H and O–H groups in total. The van der Waals surface area contributed by atoms with Crippen LogP contribution in [0.25, 0.3) is 11.3 Å². The number of primary amides is 1. The van der Waals surface area contributed by atoms with Crippen LogP contribution >= 0.6 is 0 Å². The quantitative estimate of drug-likeness (QED) is 0.623. The number of pyridine rings is 1. The van der Waals surface area contributed by atoms with E-state index in [0.29, 0.717) is 18.9 Å². The number of urea groups is 1. The topological polar surface area (TPSA) is 124 Å². The number of nitrogens with zero attached hydrogens (tertiary/aromatic N) is 3. The van der Waals surface area contributed by atoms with Crippen LogP contribution in [0.1, 0.15) is 29.4 Å². The number of ether oxygens (including phenoxy) is 2. The maximum absolute atomic E-state index is 11.0. The Morgan fingerprint density at radius 3 is 2.90 bits per heavy atom. The van der Waals surface area contributed by atoms with Crippen molar-refractivity contribution < 1.29 is 19.4 Å². The Bertz CT molecular complexity index is 1000. The van der Waals surface area contributed by atoms with Crippen molar-refractivity contribution in [1.82, 2.24) is 14.9 Å². The largest absolute Gasteiger partial charge is 0.379 e. The van der Waals surface area contributed by atoms with Crippen molar-refractivity contribution in [2.24, 2.45) is 10.7 Å². The fourth-order valence-electron chi connectivity index (χ4n) is 3.70. The molecule has 0 aromatic carbocycles. The lowest BCUT2D eigenvalue weighted by molar-refractivity contribution is -0.186. The normalized spacial score (nSPS) is 20.3. The molecule has 4 rings (SSSR count). The van der Waals surface area contributed by atoms with Crippen molar-refractivity contribution in [3.63, 3.8) is 0 Å². The van der Waals surface area contributed by atoms with E-state index in [1.807, 2.05) is 31.3 Å². The average molecular weight is 411 g/mol. The highest BCUT2D eigenvalue weighted by atomic mass is 16.5. The SMILES string of the molecule is C=C(N=Cc1c(C)c(-c2cccc(C3(O)COC3)n2)cn1[C@@H]1CCOC1)NC(N)=O. The van der Waals surface area contributed by atoms with Crippen LogP contribution in [0, 0.1) is 6.92 Å². The molecule has 1 atom stereocenters. The molecule has 2 amide bonds. The Labute approximate surface area is 174 Å². The van der Waals surface area contributed by atoms with Gasteiger partial charge in [-0.1, -0.05) is 12.6 Å². The number of aromatic nitrogens is 2. The fourth-order valence-corrected chi connectivity index (χ4v) is 3.70. The maximum atomic E-state index is 11.0. The van der Waals surface area contributed by atoms with E-state index in [9.17, 15) is 9.90 Å². The molecule has 2 aromatic rings. The number of aliphatic hydroxyl groups is 1. The zero-order valence-electron chi connectivity index (χ0n) is 16.8. The predicted molar refractivity (Wildman–Crippen MR) is 111 cm³/mol. The second-order valence-corrected chi connectivity index (χ2v) is 7.60. The third-order valence-corrected chi connectivity index (χ3v) is 5.43. The van der Waals surface area contributed by atoms with Crippen LogP contribution in [0.15, 0.2) is 41.8 Å². The highest BCUT2D eigenvalue weighted by Crippen LogP contribution is 2.33. The van der Waals surface area contributed by atoms with Gasteiger partial charge in [-0.3, -0.25) is 5.32 Å². The van der Waals surface area contributed by atoms with Crippen LogP contribution < -0.4 is 11.1 Å². The molecule has 2 aliphatic rings. The first-order chi connectivity index (χ1) is 14.4. The van der Waals surface area contributed by atoms with Crippen LogP contribution in [0.3, 0.4) is 0 Å². The number of rotatable bonds is 6. The minimum atomic E-state index is -1.03. The first-order valence-electron chi connectivity index (χ1n) is 9.74. The van der Waals surface area contributed by atoms with Gasteiger partial charge >= 0.3 is 6.03 Å². The molecular weight excluding hydrogens is 386 g/mol. The summed E-state index contributed by atoms with van der Waals surface area (Å²) in [6, 6.07) is 5.07. The second kappa shape index (κ2) is 8.02. The molecule has 0 radical (unpaired) electrons. The summed E-state index contributed by atoms with van der Waals surface area (Å²) in [6.07, 6.45) is 4.58. The number of hydrogen-bond acceptors (Lipinski definition) is 6. The van der Waals surface area contributed by atoms with Crippen LogP contribution in [-0.2, 0) is 15.1 Å². The van der Waals surface area contributed by atoms with Gasteiger partial charge in [-0.2, -0.15) is 0 Å². The number of aliphatic imine (C=N–C) groups is 1. The summed E-state index contributed by atoms with van der Waals surface area (Å²) < 4.78 is 12.8. The van der Waals surface area contributed by atoms with Crippen molar-refractivity contribution in [2.75, 3.05) is 26.4 Å².